The monoisotopic (exact) mass is 293 g/mol. The van der Waals surface area contributed by atoms with Crippen LogP contribution in [0.4, 0.5) is 5.69 Å². The normalized spacial score (nSPS) is 10.4. The van der Waals surface area contributed by atoms with Crippen LogP contribution in [0.15, 0.2) is 56.7 Å². The summed E-state index contributed by atoms with van der Waals surface area (Å²) in [7, 11) is 0. The molecule has 0 aromatic heterocycles. The van der Waals surface area contributed by atoms with E-state index in [0.717, 1.165) is 10.2 Å². The average molecular weight is 294 g/mol. The Hall–Kier alpha value is -0.930. The highest BCUT2D eigenvalue weighted by molar-refractivity contribution is 9.10. The number of benzene rings is 2. The number of rotatable bonds is 2. The van der Waals surface area contributed by atoms with Gasteiger partial charge in [-0.05, 0) is 55.0 Å². The van der Waals surface area contributed by atoms with E-state index in [1.165, 1.54) is 15.4 Å². The fourth-order valence-corrected chi connectivity index (χ4v) is 2.75. The van der Waals surface area contributed by atoms with E-state index in [9.17, 15) is 0 Å². The second kappa shape index (κ2) is 4.93. The molecule has 0 aliphatic heterocycles. The van der Waals surface area contributed by atoms with E-state index in [-0.39, 0.29) is 0 Å². The summed E-state index contributed by atoms with van der Waals surface area (Å²) in [5.41, 5.74) is 7.73. The summed E-state index contributed by atoms with van der Waals surface area (Å²) >= 11 is 5.22. The molecule has 0 saturated heterocycles. The molecule has 0 spiro atoms. The quantitative estimate of drug-likeness (QED) is 0.826. The van der Waals surface area contributed by atoms with Gasteiger partial charge < -0.3 is 5.73 Å². The van der Waals surface area contributed by atoms with Crippen LogP contribution in [0.25, 0.3) is 0 Å². The molecular weight excluding hydrogens is 282 g/mol. The Kier molecular flexibility index (Phi) is 3.56. The van der Waals surface area contributed by atoms with Gasteiger partial charge in [0.2, 0.25) is 0 Å². The first-order chi connectivity index (χ1) is 7.65. The second-order valence-electron chi connectivity index (χ2n) is 3.58. The van der Waals surface area contributed by atoms with Crippen molar-refractivity contribution in [1.29, 1.82) is 0 Å². The Labute approximate surface area is 108 Å². The SMILES string of the molecule is Cc1cc(Br)ccc1Sc1ccc(N)cc1. The Morgan fingerprint density at radius 3 is 2.38 bits per heavy atom. The second-order valence-corrected chi connectivity index (χ2v) is 5.61. The van der Waals surface area contributed by atoms with E-state index in [0.29, 0.717) is 0 Å². The van der Waals surface area contributed by atoms with Crippen molar-refractivity contribution in [3.05, 3.63) is 52.5 Å². The van der Waals surface area contributed by atoms with Crippen LogP contribution in [0, 0.1) is 6.92 Å². The zero-order valence-electron chi connectivity index (χ0n) is 8.91. The van der Waals surface area contributed by atoms with Crippen molar-refractivity contribution < 1.29 is 0 Å². The number of nitrogen functional groups attached to an aromatic ring is 1. The van der Waals surface area contributed by atoms with Gasteiger partial charge in [0.1, 0.15) is 0 Å². The third-order valence-corrected chi connectivity index (χ3v) is 3.92. The molecule has 3 heteroatoms. The maximum absolute atomic E-state index is 5.65. The molecule has 0 radical (unpaired) electrons. The molecule has 0 atom stereocenters. The molecule has 2 rings (SSSR count). The van der Waals surface area contributed by atoms with Gasteiger partial charge in [-0.25, -0.2) is 0 Å². The Bertz CT molecular complexity index is 494. The van der Waals surface area contributed by atoms with E-state index in [1.807, 2.05) is 24.3 Å². The van der Waals surface area contributed by atoms with Gasteiger partial charge in [-0.3, -0.25) is 0 Å². The van der Waals surface area contributed by atoms with E-state index >= 15 is 0 Å². The van der Waals surface area contributed by atoms with Gasteiger partial charge in [0.05, 0.1) is 0 Å². The summed E-state index contributed by atoms with van der Waals surface area (Å²) in [5.74, 6) is 0. The Morgan fingerprint density at radius 2 is 1.75 bits per heavy atom. The zero-order valence-corrected chi connectivity index (χ0v) is 11.3. The lowest BCUT2D eigenvalue weighted by atomic mass is 10.2. The molecule has 0 bridgehead atoms. The summed E-state index contributed by atoms with van der Waals surface area (Å²) in [4.78, 5) is 2.48. The highest BCUT2D eigenvalue weighted by Crippen LogP contribution is 2.31. The van der Waals surface area contributed by atoms with Crippen LogP contribution in [0.2, 0.25) is 0 Å². The lowest BCUT2D eigenvalue weighted by molar-refractivity contribution is 1.28. The molecule has 2 aromatic rings. The summed E-state index contributed by atoms with van der Waals surface area (Å²) in [6, 6.07) is 14.3. The minimum Gasteiger partial charge on any atom is -0.399 e. The fourth-order valence-electron chi connectivity index (χ4n) is 1.39. The first-order valence-electron chi connectivity index (χ1n) is 4.95. The molecule has 1 nitrogen and oxygen atoms in total. The number of nitrogens with two attached hydrogens (primary N) is 1. The maximum atomic E-state index is 5.65. The number of hydrogen-bond acceptors (Lipinski definition) is 2. The van der Waals surface area contributed by atoms with Crippen LogP contribution in [-0.4, -0.2) is 0 Å². The van der Waals surface area contributed by atoms with Crippen LogP contribution in [0.3, 0.4) is 0 Å². The third kappa shape index (κ3) is 2.80. The van der Waals surface area contributed by atoms with Crippen molar-refractivity contribution >= 4 is 33.4 Å². The predicted octanol–water partition coefficient (Wildman–Crippen LogP) is 4.49. The van der Waals surface area contributed by atoms with Crippen LogP contribution in [0.5, 0.6) is 0 Å². The molecule has 82 valence electrons. The Balaban J connectivity index is 2.23. The maximum Gasteiger partial charge on any atom is 0.0314 e. The van der Waals surface area contributed by atoms with Gasteiger partial charge in [0.15, 0.2) is 0 Å². The summed E-state index contributed by atoms with van der Waals surface area (Å²) in [5, 5.41) is 0. The van der Waals surface area contributed by atoms with Gasteiger partial charge in [0.25, 0.3) is 0 Å². The molecule has 0 amide bonds. The van der Waals surface area contributed by atoms with Crippen molar-refractivity contribution in [3.63, 3.8) is 0 Å². The molecule has 0 aliphatic rings. The summed E-state index contributed by atoms with van der Waals surface area (Å²) in [6.07, 6.45) is 0. The van der Waals surface area contributed by atoms with Crippen LogP contribution in [0.1, 0.15) is 5.56 Å². The minimum absolute atomic E-state index is 0.803. The van der Waals surface area contributed by atoms with Crippen LogP contribution < -0.4 is 5.73 Å². The van der Waals surface area contributed by atoms with Gasteiger partial charge in [-0.2, -0.15) is 0 Å². The molecule has 2 aromatic carbocycles. The van der Waals surface area contributed by atoms with Gasteiger partial charge in [-0.1, -0.05) is 27.7 Å². The number of hydrogen-bond donors (Lipinski definition) is 1. The van der Waals surface area contributed by atoms with Crippen molar-refractivity contribution in [3.8, 4) is 0 Å². The largest absolute Gasteiger partial charge is 0.399 e. The van der Waals surface area contributed by atoms with E-state index in [1.54, 1.807) is 11.8 Å². The van der Waals surface area contributed by atoms with E-state index in [4.69, 9.17) is 5.73 Å². The predicted molar refractivity (Wildman–Crippen MR) is 73.9 cm³/mol. The highest BCUT2D eigenvalue weighted by atomic mass is 79.9. The molecule has 16 heavy (non-hydrogen) atoms. The fraction of sp³-hybridized carbons (Fsp3) is 0.0769. The zero-order chi connectivity index (χ0) is 11.5. The van der Waals surface area contributed by atoms with E-state index < -0.39 is 0 Å². The molecule has 0 aliphatic carbocycles. The minimum atomic E-state index is 0.803. The number of aryl methyl sites for hydroxylation is 1. The number of anilines is 1. The molecule has 0 unspecified atom stereocenters. The molecule has 0 saturated carbocycles. The summed E-state index contributed by atoms with van der Waals surface area (Å²) in [6.45, 7) is 2.12. The molecule has 2 N–H and O–H groups in total. The van der Waals surface area contributed by atoms with Gasteiger partial charge in [0, 0.05) is 20.0 Å². The van der Waals surface area contributed by atoms with E-state index in [2.05, 4.69) is 41.1 Å². The standard InChI is InChI=1S/C13H12BrNS/c1-9-8-10(14)2-7-13(9)16-12-5-3-11(15)4-6-12/h2-8H,15H2,1H3. The topological polar surface area (TPSA) is 26.0 Å². The molecular formula is C13H12BrNS. The lowest BCUT2D eigenvalue weighted by Crippen LogP contribution is -1.83. The number of halogens is 1. The smallest absolute Gasteiger partial charge is 0.0314 e. The third-order valence-electron chi connectivity index (χ3n) is 2.24. The van der Waals surface area contributed by atoms with Crippen LogP contribution >= 0.6 is 27.7 Å². The van der Waals surface area contributed by atoms with Crippen molar-refractivity contribution in [1.82, 2.24) is 0 Å². The average Bonchev–Trinajstić information content (AvgIpc) is 2.25. The lowest BCUT2D eigenvalue weighted by Gasteiger charge is -2.06. The van der Waals surface area contributed by atoms with Crippen molar-refractivity contribution in [2.24, 2.45) is 0 Å². The van der Waals surface area contributed by atoms with Gasteiger partial charge >= 0.3 is 0 Å². The molecule has 0 fully saturated rings. The highest BCUT2D eigenvalue weighted by Gasteiger charge is 2.01. The van der Waals surface area contributed by atoms with Gasteiger partial charge in [-0.15, -0.1) is 0 Å². The Morgan fingerprint density at radius 1 is 1.06 bits per heavy atom. The summed E-state index contributed by atoms with van der Waals surface area (Å²) < 4.78 is 1.12. The first kappa shape index (κ1) is 11.6. The first-order valence-corrected chi connectivity index (χ1v) is 6.55. The molecule has 0 heterocycles. The van der Waals surface area contributed by atoms with Crippen LogP contribution in [-0.2, 0) is 0 Å². The van der Waals surface area contributed by atoms with Crippen molar-refractivity contribution in [2.45, 2.75) is 16.7 Å². The van der Waals surface area contributed by atoms with Crippen molar-refractivity contribution in [2.75, 3.05) is 5.73 Å².